The molecule has 0 heterocycles. The second-order valence-electron chi connectivity index (χ2n) is 4.00. The van der Waals surface area contributed by atoms with E-state index in [0.29, 0.717) is 11.4 Å². The summed E-state index contributed by atoms with van der Waals surface area (Å²) < 4.78 is 5.99. The summed E-state index contributed by atoms with van der Waals surface area (Å²) in [7, 11) is 1.58. The molecule has 0 saturated carbocycles. The molecule has 2 rings (SSSR count). The van der Waals surface area contributed by atoms with E-state index in [1.165, 1.54) is 12.1 Å². The Labute approximate surface area is 123 Å². The lowest BCUT2D eigenvalue weighted by molar-refractivity contribution is -0.383. The molecule has 3 N–H and O–H groups in total. The van der Waals surface area contributed by atoms with E-state index in [0.717, 1.165) is 10.2 Å². The molecule has 0 aliphatic heterocycles. The molecule has 0 bridgehead atoms. The van der Waals surface area contributed by atoms with Crippen molar-refractivity contribution in [1.82, 2.24) is 0 Å². The third kappa shape index (κ3) is 3.00. The maximum absolute atomic E-state index is 10.7. The summed E-state index contributed by atoms with van der Waals surface area (Å²) in [6, 6.07) is 9.95. The van der Waals surface area contributed by atoms with Gasteiger partial charge in [-0.05, 0) is 40.2 Å². The van der Waals surface area contributed by atoms with Crippen molar-refractivity contribution in [3.05, 3.63) is 51.0 Å². The molecule has 104 valence electrons. The van der Waals surface area contributed by atoms with E-state index in [1.807, 2.05) is 18.2 Å². The lowest BCUT2D eigenvalue weighted by Gasteiger charge is -2.11. The SMILES string of the molecule is COc1ccc(Br)c(Nc2ccc([N+](=O)[O-])c(N)c2)c1. The number of methoxy groups -OCH3 is 1. The van der Waals surface area contributed by atoms with E-state index in [-0.39, 0.29) is 11.4 Å². The monoisotopic (exact) mass is 337 g/mol. The van der Waals surface area contributed by atoms with Gasteiger partial charge >= 0.3 is 0 Å². The number of halogens is 1. The number of nitrogens with one attached hydrogen (secondary N) is 1. The van der Waals surface area contributed by atoms with Crippen LogP contribution in [0.25, 0.3) is 0 Å². The fourth-order valence-corrected chi connectivity index (χ4v) is 2.03. The quantitative estimate of drug-likeness (QED) is 0.504. The third-order valence-electron chi connectivity index (χ3n) is 2.68. The van der Waals surface area contributed by atoms with Crippen molar-refractivity contribution in [1.29, 1.82) is 0 Å². The molecule has 0 aromatic heterocycles. The first-order valence-electron chi connectivity index (χ1n) is 5.65. The number of hydrogen-bond acceptors (Lipinski definition) is 5. The molecular weight excluding hydrogens is 326 g/mol. The van der Waals surface area contributed by atoms with E-state index in [2.05, 4.69) is 21.2 Å². The first-order valence-corrected chi connectivity index (χ1v) is 6.45. The van der Waals surface area contributed by atoms with E-state index in [9.17, 15) is 10.1 Å². The number of ether oxygens (including phenoxy) is 1. The van der Waals surface area contributed by atoms with Gasteiger partial charge in [0.2, 0.25) is 0 Å². The van der Waals surface area contributed by atoms with Crippen LogP contribution < -0.4 is 15.8 Å². The molecule has 2 aromatic rings. The molecular formula is C13H12BrN3O3. The van der Waals surface area contributed by atoms with Crippen molar-refractivity contribution >= 4 is 38.7 Å². The molecule has 0 amide bonds. The Morgan fingerprint density at radius 3 is 2.65 bits per heavy atom. The lowest BCUT2D eigenvalue weighted by Crippen LogP contribution is -1.98. The highest BCUT2D eigenvalue weighted by atomic mass is 79.9. The molecule has 0 radical (unpaired) electrons. The zero-order valence-electron chi connectivity index (χ0n) is 10.6. The van der Waals surface area contributed by atoms with E-state index < -0.39 is 4.92 Å². The average Bonchev–Trinajstić information content (AvgIpc) is 2.41. The van der Waals surface area contributed by atoms with Crippen LogP contribution in [0.15, 0.2) is 40.9 Å². The highest BCUT2D eigenvalue weighted by molar-refractivity contribution is 9.10. The van der Waals surface area contributed by atoms with Crippen LogP contribution in [-0.2, 0) is 0 Å². The van der Waals surface area contributed by atoms with Gasteiger partial charge in [-0.3, -0.25) is 10.1 Å². The Morgan fingerprint density at radius 1 is 1.30 bits per heavy atom. The van der Waals surface area contributed by atoms with Crippen LogP contribution >= 0.6 is 15.9 Å². The molecule has 7 heteroatoms. The van der Waals surface area contributed by atoms with E-state index >= 15 is 0 Å². The first-order chi connectivity index (χ1) is 9.51. The van der Waals surface area contributed by atoms with Crippen molar-refractivity contribution in [3.8, 4) is 5.75 Å². The number of benzene rings is 2. The van der Waals surface area contributed by atoms with Crippen molar-refractivity contribution in [2.75, 3.05) is 18.2 Å². The number of rotatable bonds is 4. The minimum absolute atomic E-state index is 0.110. The molecule has 0 fully saturated rings. The van der Waals surface area contributed by atoms with Crippen LogP contribution in [0.4, 0.5) is 22.7 Å². The van der Waals surface area contributed by atoms with Crippen LogP contribution in [0.2, 0.25) is 0 Å². The van der Waals surface area contributed by atoms with Gasteiger partial charge in [-0.15, -0.1) is 0 Å². The van der Waals surface area contributed by atoms with Gasteiger partial charge in [0.25, 0.3) is 5.69 Å². The number of nitrogens with zero attached hydrogens (tertiary/aromatic N) is 1. The van der Waals surface area contributed by atoms with Crippen LogP contribution in [0.5, 0.6) is 5.75 Å². The fourth-order valence-electron chi connectivity index (χ4n) is 1.68. The second kappa shape index (κ2) is 5.79. The Morgan fingerprint density at radius 2 is 2.05 bits per heavy atom. The van der Waals surface area contributed by atoms with E-state index in [1.54, 1.807) is 13.2 Å². The zero-order valence-corrected chi connectivity index (χ0v) is 12.2. The molecule has 6 nitrogen and oxygen atoms in total. The first kappa shape index (κ1) is 14.1. The number of nitrogens with two attached hydrogens (primary N) is 1. The van der Waals surface area contributed by atoms with Gasteiger partial charge in [0.15, 0.2) is 0 Å². The van der Waals surface area contributed by atoms with Crippen LogP contribution in [0.1, 0.15) is 0 Å². The summed E-state index contributed by atoms with van der Waals surface area (Å²) in [5.41, 5.74) is 7.08. The standard InChI is InChI=1S/C13H12BrN3O3/c1-20-9-3-4-10(14)12(7-9)16-8-2-5-13(17(18)19)11(15)6-8/h2-7,16H,15H2,1H3. The highest BCUT2D eigenvalue weighted by Gasteiger charge is 2.11. The Hall–Kier alpha value is -2.28. The molecule has 0 saturated heterocycles. The Kier molecular flexibility index (Phi) is 4.09. The summed E-state index contributed by atoms with van der Waals surface area (Å²) >= 11 is 3.42. The predicted molar refractivity (Wildman–Crippen MR) is 81.5 cm³/mol. The highest BCUT2D eigenvalue weighted by Crippen LogP contribution is 2.32. The summed E-state index contributed by atoms with van der Waals surface area (Å²) in [5, 5.41) is 13.8. The van der Waals surface area contributed by atoms with Gasteiger partial charge in [0.1, 0.15) is 11.4 Å². The lowest BCUT2D eigenvalue weighted by atomic mass is 10.2. The number of nitrogen functional groups attached to an aromatic ring is 1. The van der Waals surface area contributed by atoms with Crippen molar-refractivity contribution in [2.45, 2.75) is 0 Å². The normalized spacial score (nSPS) is 10.1. The third-order valence-corrected chi connectivity index (χ3v) is 3.37. The average molecular weight is 338 g/mol. The second-order valence-corrected chi connectivity index (χ2v) is 4.86. The maximum atomic E-state index is 10.7. The molecule has 20 heavy (non-hydrogen) atoms. The van der Waals surface area contributed by atoms with Gasteiger partial charge in [-0.1, -0.05) is 0 Å². The van der Waals surface area contributed by atoms with Gasteiger partial charge in [0, 0.05) is 22.3 Å². The van der Waals surface area contributed by atoms with Gasteiger partial charge in [-0.25, -0.2) is 0 Å². The Bertz CT molecular complexity index is 661. The zero-order chi connectivity index (χ0) is 14.7. The van der Waals surface area contributed by atoms with Gasteiger partial charge < -0.3 is 15.8 Å². The van der Waals surface area contributed by atoms with Crippen molar-refractivity contribution < 1.29 is 9.66 Å². The molecule has 0 atom stereocenters. The largest absolute Gasteiger partial charge is 0.497 e. The van der Waals surface area contributed by atoms with E-state index in [4.69, 9.17) is 10.5 Å². The number of anilines is 3. The minimum atomic E-state index is -0.513. The summed E-state index contributed by atoms with van der Waals surface area (Å²) in [6.07, 6.45) is 0. The minimum Gasteiger partial charge on any atom is -0.497 e. The fraction of sp³-hybridized carbons (Fsp3) is 0.0769. The molecule has 0 spiro atoms. The predicted octanol–water partition coefficient (Wildman–Crippen LogP) is 3.69. The van der Waals surface area contributed by atoms with Crippen LogP contribution in [0, 0.1) is 10.1 Å². The Balaban J connectivity index is 2.30. The molecule has 0 aliphatic carbocycles. The number of nitro groups is 1. The molecule has 0 unspecified atom stereocenters. The van der Waals surface area contributed by atoms with Crippen molar-refractivity contribution in [2.24, 2.45) is 0 Å². The summed E-state index contributed by atoms with van der Waals surface area (Å²) in [6.45, 7) is 0. The van der Waals surface area contributed by atoms with Crippen LogP contribution in [-0.4, -0.2) is 12.0 Å². The number of nitro benzene ring substituents is 1. The topological polar surface area (TPSA) is 90.4 Å². The summed E-state index contributed by atoms with van der Waals surface area (Å²) in [4.78, 5) is 10.2. The molecule has 2 aromatic carbocycles. The van der Waals surface area contributed by atoms with Crippen LogP contribution in [0.3, 0.4) is 0 Å². The maximum Gasteiger partial charge on any atom is 0.292 e. The van der Waals surface area contributed by atoms with Gasteiger partial charge in [0.05, 0.1) is 17.7 Å². The summed E-state index contributed by atoms with van der Waals surface area (Å²) in [5.74, 6) is 0.700. The number of hydrogen-bond donors (Lipinski definition) is 2. The molecule has 0 aliphatic rings. The smallest absolute Gasteiger partial charge is 0.292 e. The van der Waals surface area contributed by atoms with Gasteiger partial charge in [-0.2, -0.15) is 0 Å². The van der Waals surface area contributed by atoms with Crippen molar-refractivity contribution in [3.63, 3.8) is 0 Å².